The highest BCUT2D eigenvalue weighted by Gasteiger charge is 2.10. The van der Waals surface area contributed by atoms with Crippen molar-refractivity contribution >= 4 is 27.5 Å². The SMILES string of the molecule is O=C(Nc1ccc(Br)cc1)c1ccc(=O)n(Cc2ccc(F)cc2)n1. The van der Waals surface area contributed by atoms with E-state index in [1.807, 2.05) is 0 Å². The maximum absolute atomic E-state index is 13.0. The Bertz CT molecular complexity index is 953. The number of aromatic nitrogens is 2. The molecule has 3 rings (SSSR count). The molecule has 0 fully saturated rings. The number of nitrogens with zero attached hydrogens (tertiary/aromatic N) is 2. The number of carbonyl (C=O) groups is 1. The Labute approximate surface area is 151 Å². The van der Waals surface area contributed by atoms with Gasteiger partial charge in [0.25, 0.3) is 11.5 Å². The largest absolute Gasteiger partial charge is 0.321 e. The molecule has 0 atom stereocenters. The van der Waals surface area contributed by atoms with Crippen LogP contribution in [-0.2, 0) is 6.54 Å². The van der Waals surface area contributed by atoms with Crippen LogP contribution in [0.3, 0.4) is 0 Å². The van der Waals surface area contributed by atoms with Crippen LogP contribution >= 0.6 is 15.9 Å². The second kappa shape index (κ2) is 7.40. The first-order chi connectivity index (χ1) is 12.0. The Morgan fingerprint density at radius 3 is 2.40 bits per heavy atom. The summed E-state index contributed by atoms with van der Waals surface area (Å²) in [5, 5.41) is 6.81. The quantitative estimate of drug-likeness (QED) is 0.727. The van der Waals surface area contributed by atoms with Gasteiger partial charge in [0, 0.05) is 16.2 Å². The van der Waals surface area contributed by atoms with Gasteiger partial charge >= 0.3 is 0 Å². The molecule has 5 nitrogen and oxygen atoms in total. The van der Waals surface area contributed by atoms with Gasteiger partial charge in [-0.3, -0.25) is 9.59 Å². The number of hydrogen-bond acceptors (Lipinski definition) is 3. The summed E-state index contributed by atoms with van der Waals surface area (Å²) in [7, 11) is 0. The van der Waals surface area contributed by atoms with Crippen LogP contribution in [0.5, 0.6) is 0 Å². The van der Waals surface area contributed by atoms with Gasteiger partial charge < -0.3 is 5.32 Å². The van der Waals surface area contributed by atoms with Gasteiger partial charge in [-0.05, 0) is 48.0 Å². The van der Waals surface area contributed by atoms with Gasteiger partial charge in [0.2, 0.25) is 0 Å². The number of rotatable bonds is 4. The Morgan fingerprint density at radius 1 is 1.04 bits per heavy atom. The van der Waals surface area contributed by atoms with E-state index in [-0.39, 0.29) is 23.6 Å². The second-order valence-corrected chi connectivity index (χ2v) is 6.22. The molecule has 0 aliphatic carbocycles. The van der Waals surface area contributed by atoms with Crippen LogP contribution in [0.2, 0.25) is 0 Å². The van der Waals surface area contributed by atoms with Crippen molar-refractivity contribution in [3.8, 4) is 0 Å². The van der Waals surface area contributed by atoms with Crippen LogP contribution < -0.4 is 10.9 Å². The van der Waals surface area contributed by atoms with Gasteiger partial charge in [0.1, 0.15) is 11.5 Å². The van der Waals surface area contributed by atoms with Crippen molar-refractivity contribution in [3.05, 3.63) is 92.6 Å². The fourth-order valence-corrected chi connectivity index (χ4v) is 2.44. The molecule has 0 spiro atoms. The standard InChI is InChI=1S/C18H13BrFN3O2/c19-13-3-7-15(8-4-13)21-18(25)16-9-10-17(24)23(22-16)11-12-1-5-14(20)6-2-12/h1-10H,11H2,(H,21,25). The number of anilines is 1. The normalized spacial score (nSPS) is 10.5. The highest BCUT2D eigenvalue weighted by atomic mass is 79.9. The first-order valence-electron chi connectivity index (χ1n) is 7.41. The molecule has 0 bridgehead atoms. The summed E-state index contributed by atoms with van der Waals surface area (Å²) in [4.78, 5) is 24.3. The van der Waals surface area contributed by atoms with E-state index in [1.54, 1.807) is 36.4 Å². The lowest BCUT2D eigenvalue weighted by molar-refractivity contribution is 0.102. The maximum atomic E-state index is 13.0. The number of amides is 1. The summed E-state index contributed by atoms with van der Waals surface area (Å²) in [6.07, 6.45) is 0. The highest BCUT2D eigenvalue weighted by molar-refractivity contribution is 9.10. The molecular weight excluding hydrogens is 389 g/mol. The summed E-state index contributed by atoms with van der Waals surface area (Å²) in [5.41, 5.74) is 1.10. The average Bonchev–Trinajstić information content (AvgIpc) is 2.60. The Kier molecular flexibility index (Phi) is 5.04. The first-order valence-corrected chi connectivity index (χ1v) is 8.20. The summed E-state index contributed by atoms with van der Waals surface area (Å²) < 4.78 is 15.0. The van der Waals surface area contributed by atoms with E-state index in [9.17, 15) is 14.0 Å². The Morgan fingerprint density at radius 2 is 1.72 bits per heavy atom. The summed E-state index contributed by atoms with van der Waals surface area (Å²) in [6.45, 7) is 0.151. The highest BCUT2D eigenvalue weighted by Crippen LogP contribution is 2.14. The third kappa shape index (κ3) is 4.39. The number of halogens is 2. The predicted octanol–water partition coefficient (Wildman–Crippen LogP) is 3.45. The zero-order valence-corrected chi connectivity index (χ0v) is 14.5. The smallest absolute Gasteiger partial charge is 0.276 e. The third-order valence-electron chi connectivity index (χ3n) is 3.45. The molecular formula is C18H13BrFN3O2. The van der Waals surface area contributed by atoms with Gasteiger partial charge in [0.15, 0.2) is 0 Å². The van der Waals surface area contributed by atoms with Gasteiger partial charge in [-0.2, -0.15) is 5.10 Å². The molecule has 25 heavy (non-hydrogen) atoms. The maximum Gasteiger partial charge on any atom is 0.276 e. The second-order valence-electron chi connectivity index (χ2n) is 5.30. The number of nitrogens with one attached hydrogen (secondary N) is 1. The fourth-order valence-electron chi connectivity index (χ4n) is 2.17. The lowest BCUT2D eigenvalue weighted by atomic mass is 10.2. The minimum absolute atomic E-state index is 0.115. The number of hydrogen-bond donors (Lipinski definition) is 1. The average molecular weight is 402 g/mol. The molecule has 7 heteroatoms. The minimum Gasteiger partial charge on any atom is -0.321 e. The molecule has 0 radical (unpaired) electrons. The topological polar surface area (TPSA) is 64.0 Å². The van der Waals surface area contributed by atoms with Crippen molar-refractivity contribution in [2.24, 2.45) is 0 Å². The Balaban J connectivity index is 1.80. The molecule has 3 aromatic rings. The van der Waals surface area contributed by atoms with Crippen LogP contribution in [-0.4, -0.2) is 15.7 Å². The van der Waals surface area contributed by atoms with E-state index < -0.39 is 5.91 Å². The van der Waals surface area contributed by atoms with E-state index in [1.165, 1.54) is 28.9 Å². The molecule has 0 aliphatic heterocycles. The van der Waals surface area contributed by atoms with Crippen molar-refractivity contribution in [3.63, 3.8) is 0 Å². The minimum atomic E-state index is -0.421. The van der Waals surface area contributed by atoms with Gasteiger partial charge in [0.05, 0.1) is 6.54 Å². The van der Waals surface area contributed by atoms with E-state index in [2.05, 4.69) is 26.3 Å². The van der Waals surface area contributed by atoms with Gasteiger partial charge in [-0.1, -0.05) is 28.1 Å². The van der Waals surface area contributed by atoms with Crippen LogP contribution in [0.15, 0.2) is 69.9 Å². The third-order valence-corrected chi connectivity index (χ3v) is 3.98. The van der Waals surface area contributed by atoms with Crippen molar-refractivity contribution in [1.29, 1.82) is 0 Å². The van der Waals surface area contributed by atoms with Gasteiger partial charge in [-0.15, -0.1) is 0 Å². The molecule has 0 saturated heterocycles. The lowest BCUT2D eigenvalue weighted by Gasteiger charge is -2.08. The molecule has 126 valence electrons. The molecule has 0 saturated carbocycles. The van der Waals surface area contributed by atoms with E-state index in [0.717, 1.165) is 4.47 Å². The molecule has 0 aliphatic rings. The number of carbonyl (C=O) groups excluding carboxylic acids is 1. The van der Waals surface area contributed by atoms with E-state index >= 15 is 0 Å². The molecule has 1 amide bonds. The van der Waals surface area contributed by atoms with Crippen molar-refractivity contribution in [2.45, 2.75) is 6.54 Å². The van der Waals surface area contributed by atoms with Crippen LogP contribution in [0, 0.1) is 5.82 Å². The number of benzene rings is 2. The fraction of sp³-hybridized carbons (Fsp3) is 0.0556. The van der Waals surface area contributed by atoms with Crippen LogP contribution in [0.25, 0.3) is 0 Å². The van der Waals surface area contributed by atoms with Gasteiger partial charge in [-0.25, -0.2) is 9.07 Å². The Hall–Kier alpha value is -2.80. The van der Waals surface area contributed by atoms with Crippen molar-refractivity contribution < 1.29 is 9.18 Å². The molecule has 0 unspecified atom stereocenters. The first kappa shape index (κ1) is 17.0. The van der Waals surface area contributed by atoms with Crippen LogP contribution in [0.1, 0.15) is 16.1 Å². The summed E-state index contributed by atoms with van der Waals surface area (Å²) in [6, 6.07) is 15.5. The monoisotopic (exact) mass is 401 g/mol. The predicted molar refractivity (Wildman–Crippen MR) is 96.1 cm³/mol. The summed E-state index contributed by atoms with van der Waals surface area (Å²) in [5.74, 6) is -0.776. The van der Waals surface area contributed by atoms with Crippen molar-refractivity contribution in [2.75, 3.05) is 5.32 Å². The molecule has 2 aromatic carbocycles. The van der Waals surface area contributed by atoms with E-state index in [0.29, 0.717) is 11.3 Å². The van der Waals surface area contributed by atoms with Crippen molar-refractivity contribution in [1.82, 2.24) is 9.78 Å². The zero-order valence-electron chi connectivity index (χ0n) is 12.9. The summed E-state index contributed by atoms with van der Waals surface area (Å²) >= 11 is 3.32. The van der Waals surface area contributed by atoms with Crippen LogP contribution in [0.4, 0.5) is 10.1 Å². The molecule has 1 N–H and O–H groups in total. The zero-order chi connectivity index (χ0) is 17.8. The molecule has 1 aromatic heterocycles. The molecule has 1 heterocycles. The van der Waals surface area contributed by atoms with E-state index in [4.69, 9.17) is 0 Å². The lowest BCUT2D eigenvalue weighted by Crippen LogP contribution is -2.26.